The van der Waals surface area contributed by atoms with E-state index in [9.17, 15) is 16.8 Å². The van der Waals surface area contributed by atoms with E-state index >= 15 is 0 Å². The Labute approximate surface area is 160 Å². The number of hydrogen-bond acceptors (Lipinski definition) is 7. The van der Waals surface area contributed by atoms with E-state index in [0.29, 0.717) is 24.8 Å². The molecular weight excluding hydrogens is 398 g/mol. The molecule has 0 fully saturated rings. The second-order valence-corrected chi connectivity index (χ2v) is 8.53. The lowest BCUT2D eigenvalue weighted by molar-refractivity contribution is 0.179. The first-order valence-electron chi connectivity index (χ1n) is 8.76. The van der Waals surface area contributed by atoms with Crippen LogP contribution in [0.2, 0.25) is 0 Å². The van der Waals surface area contributed by atoms with Crippen LogP contribution in [0.15, 0.2) is 12.1 Å². The Bertz CT molecular complexity index is 861. The molecule has 2 N–H and O–H groups in total. The van der Waals surface area contributed by atoms with Crippen LogP contribution in [-0.4, -0.2) is 50.0 Å². The van der Waals surface area contributed by atoms with Gasteiger partial charge in [-0.2, -0.15) is 16.8 Å². The van der Waals surface area contributed by atoms with Gasteiger partial charge in [0.05, 0.1) is 0 Å². The number of rotatable bonds is 9. The summed E-state index contributed by atoms with van der Waals surface area (Å²) in [7, 11) is -9.79. The first-order chi connectivity index (χ1) is 12.5. The molecule has 1 aliphatic rings. The van der Waals surface area contributed by atoms with E-state index in [1.165, 1.54) is 6.07 Å². The van der Waals surface area contributed by atoms with Crippen LogP contribution in [0.1, 0.15) is 44.2 Å². The maximum Gasteiger partial charge on any atom is 0.446 e. The lowest BCUT2D eigenvalue weighted by Crippen LogP contribution is -2.40. The molecule has 1 aromatic carbocycles. The molecule has 0 heterocycles. The van der Waals surface area contributed by atoms with Crippen LogP contribution in [0, 0.1) is 0 Å². The Morgan fingerprint density at radius 3 is 2.15 bits per heavy atom. The van der Waals surface area contributed by atoms with Crippen LogP contribution in [0.5, 0.6) is 11.5 Å². The van der Waals surface area contributed by atoms with E-state index in [1.807, 2.05) is 0 Å². The van der Waals surface area contributed by atoms with Gasteiger partial charge in [-0.05, 0) is 56.8 Å². The molecule has 0 amide bonds. The standard InChI is InChI=1S/C16H25NO8S2/c1-3-9-17(10-4-2)13-6-7-14-12(11-13)5-8-15(24-26(18,19)20)16(14)25-27(21,22)23/h5,8,13H,3-4,6-7,9-11H2,1-2H3,(H,18,19,20)(H,21,22,23)/t13-/m0/s1. The molecule has 0 spiro atoms. The molecule has 1 atom stereocenters. The Kier molecular flexibility index (Phi) is 7.09. The van der Waals surface area contributed by atoms with Crippen molar-refractivity contribution in [3.63, 3.8) is 0 Å². The van der Waals surface area contributed by atoms with E-state index in [1.54, 1.807) is 6.07 Å². The van der Waals surface area contributed by atoms with Crippen molar-refractivity contribution in [3.8, 4) is 11.5 Å². The Hall–Kier alpha value is -1.40. The highest BCUT2D eigenvalue weighted by molar-refractivity contribution is 7.81. The van der Waals surface area contributed by atoms with Crippen molar-refractivity contribution >= 4 is 20.8 Å². The van der Waals surface area contributed by atoms with Gasteiger partial charge in [-0.1, -0.05) is 19.9 Å². The molecule has 1 aliphatic carbocycles. The van der Waals surface area contributed by atoms with Gasteiger partial charge >= 0.3 is 20.8 Å². The lowest BCUT2D eigenvalue weighted by atomic mass is 9.86. The highest BCUT2D eigenvalue weighted by atomic mass is 32.3. The predicted molar refractivity (Wildman–Crippen MR) is 98.8 cm³/mol. The van der Waals surface area contributed by atoms with Crippen molar-refractivity contribution < 1.29 is 34.3 Å². The largest absolute Gasteiger partial charge is 0.446 e. The van der Waals surface area contributed by atoms with Crippen molar-refractivity contribution in [2.45, 2.75) is 52.0 Å². The van der Waals surface area contributed by atoms with Crippen molar-refractivity contribution in [1.82, 2.24) is 4.90 Å². The minimum Gasteiger partial charge on any atom is -0.358 e. The normalized spacial score (nSPS) is 17.6. The van der Waals surface area contributed by atoms with Crippen molar-refractivity contribution in [3.05, 3.63) is 23.3 Å². The third-order valence-corrected chi connectivity index (χ3v) is 5.19. The van der Waals surface area contributed by atoms with Crippen molar-refractivity contribution in [2.24, 2.45) is 0 Å². The fraction of sp³-hybridized carbons (Fsp3) is 0.625. The van der Waals surface area contributed by atoms with Gasteiger partial charge in [-0.3, -0.25) is 9.11 Å². The molecule has 1 aromatic rings. The second-order valence-electron chi connectivity index (χ2n) is 6.49. The van der Waals surface area contributed by atoms with Crippen molar-refractivity contribution in [1.29, 1.82) is 0 Å². The molecule has 0 saturated carbocycles. The number of fused-ring (bicyclic) bond motifs is 1. The maximum absolute atomic E-state index is 11.2. The quantitative estimate of drug-likeness (QED) is 0.573. The highest BCUT2D eigenvalue weighted by Crippen LogP contribution is 2.39. The van der Waals surface area contributed by atoms with Gasteiger partial charge in [0.15, 0.2) is 11.5 Å². The SMILES string of the molecule is CCCN(CCC)[C@H]1CCc2c(ccc(OS(=O)(=O)O)c2OS(=O)(=O)O)C1. The van der Waals surface area contributed by atoms with E-state index < -0.39 is 32.3 Å². The molecule has 0 bridgehead atoms. The van der Waals surface area contributed by atoms with Gasteiger partial charge in [-0.15, -0.1) is 0 Å². The second kappa shape index (κ2) is 8.74. The fourth-order valence-corrected chi connectivity index (χ4v) is 4.27. The predicted octanol–water partition coefficient (Wildman–Crippen LogP) is 2.03. The Morgan fingerprint density at radius 2 is 1.63 bits per heavy atom. The number of benzene rings is 1. The summed E-state index contributed by atoms with van der Waals surface area (Å²) in [6.45, 7) is 6.12. The van der Waals surface area contributed by atoms with Gasteiger partial charge < -0.3 is 13.3 Å². The summed E-state index contributed by atoms with van der Waals surface area (Å²) >= 11 is 0. The van der Waals surface area contributed by atoms with E-state index in [0.717, 1.165) is 31.5 Å². The molecule has 27 heavy (non-hydrogen) atoms. The number of hydrogen-bond donors (Lipinski definition) is 2. The van der Waals surface area contributed by atoms with Crippen LogP contribution in [0.4, 0.5) is 0 Å². The molecule has 0 saturated heterocycles. The lowest BCUT2D eigenvalue weighted by Gasteiger charge is -2.35. The van der Waals surface area contributed by atoms with Crippen LogP contribution in [0.25, 0.3) is 0 Å². The zero-order chi connectivity index (χ0) is 20.2. The summed E-state index contributed by atoms with van der Waals surface area (Å²) in [5.74, 6) is -0.907. The molecule has 11 heteroatoms. The average molecular weight is 424 g/mol. The van der Waals surface area contributed by atoms with Gasteiger partial charge in [0.2, 0.25) is 0 Å². The molecule has 0 aromatic heterocycles. The summed E-state index contributed by atoms with van der Waals surface area (Å²) in [6.07, 6.45) is 3.79. The minimum atomic E-state index is -4.90. The summed E-state index contributed by atoms with van der Waals surface area (Å²) < 4.78 is 71.4. The maximum atomic E-state index is 11.2. The van der Waals surface area contributed by atoms with E-state index in [2.05, 4.69) is 27.1 Å². The molecule has 0 radical (unpaired) electrons. The van der Waals surface area contributed by atoms with E-state index in [-0.39, 0.29) is 6.04 Å². The van der Waals surface area contributed by atoms with Gasteiger partial charge in [0, 0.05) is 11.6 Å². The van der Waals surface area contributed by atoms with Crippen LogP contribution in [-0.2, 0) is 33.6 Å². The van der Waals surface area contributed by atoms with Crippen molar-refractivity contribution in [2.75, 3.05) is 13.1 Å². The smallest absolute Gasteiger partial charge is 0.358 e. The zero-order valence-corrected chi connectivity index (χ0v) is 16.9. The summed E-state index contributed by atoms with van der Waals surface area (Å²) in [5, 5.41) is 0. The molecule has 9 nitrogen and oxygen atoms in total. The molecule has 0 unspecified atom stereocenters. The van der Waals surface area contributed by atoms with Crippen LogP contribution >= 0.6 is 0 Å². The van der Waals surface area contributed by atoms with Gasteiger partial charge in [0.1, 0.15) is 0 Å². The third kappa shape index (κ3) is 6.32. The minimum absolute atomic E-state index is 0.268. The monoisotopic (exact) mass is 423 g/mol. The summed E-state index contributed by atoms with van der Waals surface area (Å²) in [6, 6.07) is 3.10. The van der Waals surface area contributed by atoms with Gasteiger partial charge in [0.25, 0.3) is 0 Å². The first kappa shape index (κ1) is 21.9. The van der Waals surface area contributed by atoms with Crippen LogP contribution < -0.4 is 8.37 Å². The number of nitrogens with zero attached hydrogens (tertiary/aromatic N) is 1. The molecule has 154 valence electrons. The average Bonchev–Trinajstić information content (AvgIpc) is 2.54. The molecular formula is C16H25NO8S2. The highest BCUT2D eigenvalue weighted by Gasteiger charge is 2.30. The zero-order valence-electron chi connectivity index (χ0n) is 15.3. The Morgan fingerprint density at radius 1 is 1.04 bits per heavy atom. The Balaban J connectivity index is 2.40. The third-order valence-electron chi connectivity index (χ3n) is 4.43. The molecule has 0 aliphatic heterocycles. The first-order valence-corrected chi connectivity index (χ1v) is 11.5. The topological polar surface area (TPSA) is 130 Å². The fourth-order valence-electron chi connectivity index (χ4n) is 3.52. The summed E-state index contributed by atoms with van der Waals surface area (Å²) in [5.41, 5.74) is 1.22. The molecule has 2 rings (SSSR count). The summed E-state index contributed by atoms with van der Waals surface area (Å²) in [4.78, 5) is 2.38. The van der Waals surface area contributed by atoms with Gasteiger partial charge in [-0.25, -0.2) is 0 Å². The van der Waals surface area contributed by atoms with E-state index in [4.69, 9.17) is 9.11 Å². The van der Waals surface area contributed by atoms with Crippen LogP contribution in [0.3, 0.4) is 0 Å².